The van der Waals surface area contributed by atoms with Crippen LogP contribution in [-0.4, -0.2) is 22.6 Å². The van der Waals surface area contributed by atoms with Gasteiger partial charge in [0.1, 0.15) is 11.6 Å². The van der Waals surface area contributed by atoms with E-state index in [0.717, 1.165) is 43.5 Å². The summed E-state index contributed by atoms with van der Waals surface area (Å²) < 4.78 is 15.9. The number of nitrogens with one attached hydrogen (secondary N) is 1. The molecule has 3 nitrogen and oxygen atoms in total. The summed E-state index contributed by atoms with van der Waals surface area (Å²) in [6.07, 6.45) is 7.21. The average Bonchev–Trinajstić information content (AvgIpc) is 2.90. The monoisotopic (exact) mass is 303 g/mol. The summed E-state index contributed by atoms with van der Waals surface area (Å²) >= 11 is 0. The zero-order chi connectivity index (χ0) is 15.4. The number of aromatic nitrogens is 2. The summed E-state index contributed by atoms with van der Waals surface area (Å²) in [5.74, 6) is 1.47. The number of hydrogen-bond acceptors (Lipinski definition) is 2. The van der Waals surface area contributed by atoms with Gasteiger partial charge in [-0.25, -0.2) is 9.37 Å². The number of benzene rings is 1. The standard InChI is InChI=1S/C18H26FN3/c1-2-3-4-5-12-22-17-7-6-15(19)13-16(17)21-18(22)14-8-10-20-11-9-14/h6-7,13-14,20H,2-5,8-12H2,1H3. The number of aryl methyl sites for hydroxylation is 1. The molecule has 1 saturated heterocycles. The van der Waals surface area contributed by atoms with Crippen LogP contribution in [-0.2, 0) is 6.54 Å². The van der Waals surface area contributed by atoms with Gasteiger partial charge >= 0.3 is 0 Å². The van der Waals surface area contributed by atoms with Crippen molar-refractivity contribution in [2.45, 2.75) is 57.9 Å². The molecule has 0 bridgehead atoms. The molecule has 0 amide bonds. The number of unbranched alkanes of at least 4 members (excludes halogenated alkanes) is 3. The second-order valence-electron chi connectivity index (χ2n) is 6.34. The zero-order valence-corrected chi connectivity index (χ0v) is 13.4. The highest BCUT2D eigenvalue weighted by atomic mass is 19.1. The molecule has 2 heterocycles. The third kappa shape index (κ3) is 3.32. The van der Waals surface area contributed by atoms with Gasteiger partial charge in [-0.3, -0.25) is 0 Å². The summed E-state index contributed by atoms with van der Waals surface area (Å²) in [5, 5.41) is 3.41. The molecule has 0 aliphatic carbocycles. The fourth-order valence-electron chi connectivity index (χ4n) is 3.45. The van der Waals surface area contributed by atoms with Crippen LogP contribution in [0.25, 0.3) is 11.0 Å². The number of nitrogens with zero attached hydrogens (tertiary/aromatic N) is 2. The minimum Gasteiger partial charge on any atom is -0.328 e. The van der Waals surface area contributed by atoms with Crippen molar-refractivity contribution < 1.29 is 4.39 Å². The van der Waals surface area contributed by atoms with Gasteiger partial charge in [-0.15, -0.1) is 0 Å². The van der Waals surface area contributed by atoms with E-state index in [4.69, 9.17) is 4.98 Å². The minimum atomic E-state index is -0.194. The lowest BCUT2D eigenvalue weighted by atomic mass is 9.97. The van der Waals surface area contributed by atoms with Gasteiger partial charge < -0.3 is 9.88 Å². The molecule has 120 valence electrons. The van der Waals surface area contributed by atoms with Crippen LogP contribution in [0.15, 0.2) is 18.2 Å². The molecule has 22 heavy (non-hydrogen) atoms. The van der Waals surface area contributed by atoms with Crippen molar-refractivity contribution in [1.29, 1.82) is 0 Å². The van der Waals surface area contributed by atoms with Crippen molar-refractivity contribution in [3.8, 4) is 0 Å². The van der Waals surface area contributed by atoms with Crippen molar-refractivity contribution in [3.63, 3.8) is 0 Å². The number of halogens is 1. The van der Waals surface area contributed by atoms with Gasteiger partial charge in [0.25, 0.3) is 0 Å². The predicted octanol–water partition coefficient (Wildman–Crippen LogP) is 4.22. The summed E-state index contributed by atoms with van der Waals surface area (Å²) in [6.45, 7) is 5.34. The second kappa shape index (κ2) is 7.23. The molecule has 1 N–H and O–H groups in total. The van der Waals surface area contributed by atoms with E-state index in [0.29, 0.717) is 5.92 Å². The van der Waals surface area contributed by atoms with E-state index in [1.807, 2.05) is 6.07 Å². The largest absolute Gasteiger partial charge is 0.328 e. The molecule has 2 aromatic rings. The summed E-state index contributed by atoms with van der Waals surface area (Å²) in [7, 11) is 0. The first-order valence-corrected chi connectivity index (χ1v) is 8.66. The molecule has 3 rings (SSSR count). The van der Waals surface area contributed by atoms with E-state index in [1.165, 1.54) is 31.5 Å². The Hall–Kier alpha value is -1.42. The quantitative estimate of drug-likeness (QED) is 0.810. The Morgan fingerprint density at radius 2 is 2.05 bits per heavy atom. The van der Waals surface area contributed by atoms with Crippen molar-refractivity contribution in [3.05, 3.63) is 29.8 Å². The number of piperidine rings is 1. The maximum absolute atomic E-state index is 13.5. The Morgan fingerprint density at radius 1 is 1.23 bits per heavy atom. The van der Waals surface area contributed by atoms with Gasteiger partial charge in [-0.1, -0.05) is 26.2 Å². The van der Waals surface area contributed by atoms with Crippen molar-refractivity contribution in [2.24, 2.45) is 0 Å². The van der Waals surface area contributed by atoms with E-state index in [1.54, 1.807) is 12.1 Å². The fraction of sp³-hybridized carbons (Fsp3) is 0.611. The number of fused-ring (bicyclic) bond motifs is 1. The van der Waals surface area contributed by atoms with Crippen LogP contribution < -0.4 is 5.32 Å². The van der Waals surface area contributed by atoms with E-state index >= 15 is 0 Å². The third-order valence-corrected chi connectivity index (χ3v) is 4.68. The molecule has 0 unspecified atom stereocenters. The van der Waals surface area contributed by atoms with Crippen LogP contribution in [0, 0.1) is 5.82 Å². The Labute approximate surface area is 131 Å². The molecule has 0 atom stereocenters. The molecule has 1 aliphatic heterocycles. The second-order valence-corrected chi connectivity index (χ2v) is 6.34. The smallest absolute Gasteiger partial charge is 0.125 e. The molecule has 1 aromatic heterocycles. The van der Waals surface area contributed by atoms with E-state index in [2.05, 4.69) is 16.8 Å². The first-order valence-electron chi connectivity index (χ1n) is 8.66. The molecule has 0 saturated carbocycles. The summed E-state index contributed by atoms with van der Waals surface area (Å²) in [5.41, 5.74) is 1.90. The lowest BCUT2D eigenvalue weighted by molar-refractivity contribution is 0.428. The summed E-state index contributed by atoms with van der Waals surface area (Å²) in [6, 6.07) is 5.02. The number of hydrogen-bond donors (Lipinski definition) is 1. The maximum Gasteiger partial charge on any atom is 0.125 e. The third-order valence-electron chi connectivity index (χ3n) is 4.68. The molecule has 4 heteroatoms. The molecule has 1 fully saturated rings. The van der Waals surface area contributed by atoms with E-state index in [9.17, 15) is 4.39 Å². The number of imidazole rings is 1. The Bertz CT molecular complexity index is 614. The Balaban J connectivity index is 1.89. The van der Waals surface area contributed by atoms with Crippen LogP contribution in [0.4, 0.5) is 4.39 Å². The van der Waals surface area contributed by atoms with Gasteiger partial charge in [0.05, 0.1) is 11.0 Å². The van der Waals surface area contributed by atoms with Crippen molar-refractivity contribution >= 4 is 11.0 Å². The average molecular weight is 303 g/mol. The Kier molecular flexibility index (Phi) is 5.08. The molecule has 0 spiro atoms. The van der Waals surface area contributed by atoms with Crippen LogP contribution in [0.3, 0.4) is 0 Å². The minimum absolute atomic E-state index is 0.194. The molecular weight excluding hydrogens is 277 g/mol. The van der Waals surface area contributed by atoms with Crippen LogP contribution in [0.5, 0.6) is 0 Å². The van der Waals surface area contributed by atoms with Crippen molar-refractivity contribution in [1.82, 2.24) is 14.9 Å². The van der Waals surface area contributed by atoms with Crippen LogP contribution >= 0.6 is 0 Å². The first kappa shape index (κ1) is 15.5. The SMILES string of the molecule is CCCCCCn1c(C2CCNCC2)nc2cc(F)ccc21. The van der Waals surface area contributed by atoms with Gasteiger partial charge in [-0.05, 0) is 44.5 Å². The Morgan fingerprint density at radius 3 is 2.82 bits per heavy atom. The topological polar surface area (TPSA) is 29.9 Å². The van der Waals surface area contributed by atoms with Crippen LogP contribution in [0.1, 0.15) is 57.2 Å². The van der Waals surface area contributed by atoms with Gasteiger partial charge in [0.15, 0.2) is 0 Å². The lowest BCUT2D eigenvalue weighted by Crippen LogP contribution is -2.28. The zero-order valence-electron chi connectivity index (χ0n) is 13.4. The van der Waals surface area contributed by atoms with Gasteiger partial charge in [0.2, 0.25) is 0 Å². The molecule has 0 radical (unpaired) electrons. The normalized spacial score (nSPS) is 16.5. The van der Waals surface area contributed by atoms with Gasteiger partial charge in [0, 0.05) is 18.5 Å². The van der Waals surface area contributed by atoms with E-state index in [-0.39, 0.29) is 5.82 Å². The molecule has 1 aliphatic rings. The highest BCUT2D eigenvalue weighted by Crippen LogP contribution is 2.29. The lowest BCUT2D eigenvalue weighted by Gasteiger charge is -2.23. The van der Waals surface area contributed by atoms with Crippen LogP contribution in [0.2, 0.25) is 0 Å². The molecular formula is C18H26FN3. The predicted molar refractivity (Wildman–Crippen MR) is 88.7 cm³/mol. The summed E-state index contributed by atoms with van der Waals surface area (Å²) in [4.78, 5) is 4.79. The van der Waals surface area contributed by atoms with Crippen molar-refractivity contribution in [2.75, 3.05) is 13.1 Å². The van der Waals surface area contributed by atoms with E-state index < -0.39 is 0 Å². The highest BCUT2D eigenvalue weighted by Gasteiger charge is 2.22. The number of rotatable bonds is 6. The fourth-order valence-corrected chi connectivity index (χ4v) is 3.45. The highest BCUT2D eigenvalue weighted by molar-refractivity contribution is 5.76. The first-order chi connectivity index (χ1) is 10.8. The van der Waals surface area contributed by atoms with Gasteiger partial charge in [-0.2, -0.15) is 0 Å². The maximum atomic E-state index is 13.5. The molecule has 1 aromatic carbocycles.